The Morgan fingerprint density at radius 1 is 1.10 bits per heavy atom. The quantitative estimate of drug-likeness (QED) is 0.691. The summed E-state index contributed by atoms with van der Waals surface area (Å²) in [4.78, 5) is 10.2. The third-order valence-corrected chi connectivity index (χ3v) is 3.87. The number of nitrogens with zero attached hydrogens (tertiary/aromatic N) is 1. The van der Waals surface area contributed by atoms with Gasteiger partial charge >= 0.3 is 0 Å². The van der Waals surface area contributed by atoms with Crippen molar-refractivity contribution in [1.82, 2.24) is 0 Å². The van der Waals surface area contributed by atoms with E-state index in [0.29, 0.717) is 16.7 Å². The second-order valence-corrected chi connectivity index (χ2v) is 5.83. The number of aryl methyl sites for hydroxylation is 1. The summed E-state index contributed by atoms with van der Waals surface area (Å²) in [5.74, 6) is 0. The van der Waals surface area contributed by atoms with Gasteiger partial charge in [0.1, 0.15) is 0 Å². The molecule has 0 atom stereocenters. The molecule has 0 saturated carbocycles. The Morgan fingerprint density at radius 3 is 2.30 bits per heavy atom. The van der Waals surface area contributed by atoms with Crippen LogP contribution < -0.4 is 5.14 Å². The lowest BCUT2D eigenvalue weighted by Gasteiger charge is -2.10. The minimum absolute atomic E-state index is 0.00282. The Labute approximate surface area is 116 Å². The third kappa shape index (κ3) is 2.68. The van der Waals surface area contributed by atoms with E-state index in [4.69, 9.17) is 5.14 Å². The second-order valence-electron chi connectivity index (χ2n) is 4.30. The summed E-state index contributed by atoms with van der Waals surface area (Å²) < 4.78 is 23.2. The van der Waals surface area contributed by atoms with Crippen LogP contribution in [0.2, 0.25) is 0 Å². The van der Waals surface area contributed by atoms with Crippen molar-refractivity contribution in [3.63, 3.8) is 0 Å². The molecule has 0 aliphatic carbocycles. The lowest BCUT2D eigenvalue weighted by Crippen LogP contribution is -2.13. The number of primary sulfonamides is 1. The smallest absolute Gasteiger partial charge is 0.258 e. The van der Waals surface area contributed by atoms with Crippen LogP contribution in [0, 0.1) is 17.0 Å². The van der Waals surface area contributed by atoms with Crippen LogP contribution in [-0.2, 0) is 10.0 Å². The molecule has 2 aromatic rings. The lowest BCUT2D eigenvalue weighted by molar-refractivity contribution is -0.384. The highest BCUT2D eigenvalue weighted by Crippen LogP contribution is 2.31. The monoisotopic (exact) mass is 292 g/mol. The fourth-order valence-corrected chi connectivity index (χ4v) is 2.75. The molecule has 6 nitrogen and oxygen atoms in total. The second kappa shape index (κ2) is 5.03. The van der Waals surface area contributed by atoms with Gasteiger partial charge in [0, 0.05) is 17.7 Å². The zero-order chi connectivity index (χ0) is 14.9. The van der Waals surface area contributed by atoms with Crippen LogP contribution in [0.5, 0.6) is 0 Å². The summed E-state index contributed by atoms with van der Waals surface area (Å²) in [5, 5.41) is 15.9. The molecular formula is C13H12N2O4S. The maximum absolute atomic E-state index is 11.6. The highest BCUT2D eigenvalue weighted by Gasteiger charge is 2.17. The summed E-state index contributed by atoms with van der Waals surface area (Å²) in [6.45, 7) is 1.68. The molecule has 0 aliphatic rings. The first-order chi connectivity index (χ1) is 9.30. The van der Waals surface area contributed by atoms with Gasteiger partial charge in [-0.2, -0.15) is 0 Å². The molecule has 0 saturated heterocycles. The van der Waals surface area contributed by atoms with E-state index in [1.807, 2.05) is 0 Å². The highest BCUT2D eigenvalue weighted by atomic mass is 32.2. The maximum Gasteiger partial charge on any atom is 0.269 e. The highest BCUT2D eigenvalue weighted by molar-refractivity contribution is 7.89. The average Bonchev–Trinajstić information content (AvgIpc) is 2.37. The van der Waals surface area contributed by atoms with Gasteiger partial charge in [0.05, 0.1) is 9.82 Å². The largest absolute Gasteiger partial charge is 0.269 e. The third-order valence-electron chi connectivity index (χ3n) is 2.90. The molecule has 2 N–H and O–H groups in total. The fourth-order valence-electron chi connectivity index (χ4n) is 2.00. The standard InChI is InChI=1S/C13H12N2O4S/c1-9-8-10(15(16)17)6-7-11(9)12-4-2-3-5-13(12)20(14,18)19/h2-8H,1H3,(H2,14,18,19). The number of benzene rings is 2. The Bertz CT molecular complexity index is 785. The van der Waals surface area contributed by atoms with Crippen molar-refractivity contribution in [1.29, 1.82) is 0 Å². The number of hydrogen-bond acceptors (Lipinski definition) is 4. The zero-order valence-electron chi connectivity index (χ0n) is 10.6. The molecule has 7 heteroatoms. The van der Waals surface area contributed by atoms with Crippen LogP contribution in [0.1, 0.15) is 5.56 Å². The van der Waals surface area contributed by atoms with Crippen LogP contribution in [0.15, 0.2) is 47.4 Å². The van der Waals surface area contributed by atoms with Crippen LogP contribution in [0.3, 0.4) is 0 Å². The molecule has 104 valence electrons. The van der Waals surface area contributed by atoms with Crippen LogP contribution in [-0.4, -0.2) is 13.3 Å². The number of nitro benzene ring substituents is 1. The number of sulfonamides is 1. The molecule has 0 aromatic heterocycles. The van der Waals surface area contributed by atoms with E-state index in [9.17, 15) is 18.5 Å². The molecule has 20 heavy (non-hydrogen) atoms. The van der Waals surface area contributed by atoms with Gasteiger partial charge in [-0.3, -0.25) is 10.1 Å². The maximum atomic E-state index is 11.6. The predicted octanol–water partition coefficient (Wildman–Crippen LogP) is 2.22. The topological polar surface area (TPSA) is 103 Å². The van der Waals surface area contributed by atoms with Crippen LogP contribution in [0.4, 0.5) is 5.69 Å². The van der Waals surface area contributed by atoms with Crippen LogP contribution >= 0.6 is 0 Å². The van der Waals surface area contributed by atoms with Crippen molar-refractivity contribution in [2.45, 2.75) is 11.8 Å². The van der Waals surface area contributed by atoms with Gasteiger partial charge in [0.2, 0.25) is 10.0 Å². The van der Waals surface area contributed by atoms with E-state index in [1.165, 1.54) is 24.3 Å². The first kappa shape index (κ1) is 14.2. The normalized spacial score (nSPS) is 11.3. The Hall–Kier alpha value is -2.25. The average molecular weight is 292 g/mol. The van der Waals surface area contributed by atoms with E-state index < -0.39 is 14.9 Å². The summed E-state index contributed by atoms with van der Waals surface area (Å²) >= 11 is 0. The van der Waals surface area contributed by atoms with Gasteiger partial charge in [0.25, 0.3) is 5.69 Å². The molecule has 2 rings (SSSR count). The Kier molecular flexibility index (Phi) is 3.56. The van der Waals surface area contributed by atoms with Gasteiger partial charge in [-0.15, -0.1) is 0 Å². The molecule has 0 unspecified atom stereocenters. The zero-order valence-corrected chi connectivity index (χ0v) is 11.4. The number of nitro groups is 1. The fraction of sp³-hybridized carbons (Fsp3) is 0.0769. The summed E-state index contributed by atoms with van der Waals surface area (Å²) in [7, 11) is -3.86. The SMILES string of the molecule is Cc1cc([N+](=O)[O-])ccc1-c1ccccc1S(N)(=O)=O. The van der Waals surface area contributed by atoms with Crippen molar-refractivity contribution < 1.29 is 13.3 Å². The Balaban J connectivity index is 2.67. The van der Waals surface area contributed by atoms with Gasteiger partial charge in [-0.25, -0.2) is 13.6 Å². The van der Waals surface area contributed by atoms with E-state index >= 15 is 0 Å². The molecule has 0 aliphatic heterocycles. The molecule has 0 heterocycles. The van der Waals surface area contributed by atoms with E-state index in [2.05, 4.69) is 0 Å². The molecule has 0 radical (unpaired) electrons. The van der Waals surface area contributed by atoms with Gasteiger partial charge in [-0.1, -0.05) is 18.2 Å². The first-order valence-electron chi connectivity index (χ1n) is 5.68. The molecule has 0 bridgehead atoms. The minimum Gasteiger partial charge on any atom is -0.258 e. The van der Waals surface area contributed by atoms with E-state index in [1.54, 1.807) is 25.1 Å². The molecule has 0 spiro atoms. The van der Waals surface area contributed by atoms with Gasteiger partial charge in [0.15, 0.2) is 0 Å². The van der Waals surface area contributed by atoms with Crippen LogP contribution in [0.25, 0.3) is 11.1 Å². The number of rotatable bonds is 3. The number of non-ortho nitro benzene ring substituents is 1. The molecular weight excluding hydrogens is 280 g/mol. The number of hydrogen-bond donors (Lipinski definition) is 1. The predicted molar refractivity (Wildman–Crippen MR) is 74.6 cm³/mol. The summed E-state index contributed by atoms with van der Waals surface area (Å²) in [6.07, 6.45) is 0. The molecule has 0 amide bonds. The molecule has 0 fully saturated rings. The Morgan fingerprint density at radius 2 is 1.75 bits per heavy atom. The van der Waals surface area contributed by atoms with Crippen molar-refractivity contribution in [2.75, 3.05) is 0 Å². The van der Waals surface area contributed by atoms with Crippen molar-refractivity contribution in [3.8, 4) is 11.1 Å². The lowest BCUT2D eigenvalue weighted by atomic mass is 10.00. The molecule has 2 aromatic carbocycles. The summed E-state index contributed by atoms with van der Waals surface area (Å²) in [5.41, 5.74) is 1.59. The van der Waals surface area contributed by atoms with Crippen molar-refractivity contribution >= 4 is 15.7 Å². The van der Waals surface area contributed by atoms with Crippen molar-refractivity contribution in [3.05, 3.63) is 58.1 Å². The minimum atomic E-state index is -3.86. The van der Waals surface area contributed by atoms with E-state index in [-0.39, 0.29) is 10.6 Å². The van der Waals surface area contributed by atoms with Crippen molar-refractivity contribution in [2.24, 2.45) is 5.14 Å². The van der Waals surface area contributed by atoms with Gasteiger partial charge < -0.3 is 0 Å². The first-order valence-corrected chi connectivity index (χ1v) is 7.22. The van der Waals surface area contributed by atoms with Gasteiger partial charge in [-0.05, 0) is 30.2 Å². The summed E-state index contributed by atoms with van der Waals surface area (Å²) in [6, 6.07) is 10.5. The number of nitrogens with two attached hydrogens (primary N) is 1. The van der Waals surface area contributed by atoms with E-state index in [0.717, 1.165) is 0 Å².